The molecule has 1 unspecified atom stereocenters. The summed E-state index contributed by atoms with van der Waals surface area (Å²) in [4.78, 5) is 108. The number of hydrogen-bond acceptors (Lipinski definition) is 38. The summed E-state index contributed by atoms with van der Waals surface area (Å²) in [6, 6.07) is 5.70. The molecule has 0 spiro atoms. The van der Waals surface area contributed by atoms with E-state index in [2.05, 4.69) is 260 Å². The van der Waals surface area contributed by atoms with Crippen molar-refractivity contribution in [1.29, 1.82) is 5.26 Å². The van der Waals surface area contributed by atoms with Gasteiger partial charge < -0.3 is 67.4 Å². The van der Waals surface area contributed by atoms with E-state index in [0.717, 1.165) is 28.2 Å². The predicted octanol–water partition coefficient (Wildman–Crippen LogP) is 16.7. The minimum Gasteiger partial charge on any atom is -0.286 e. The van der Waals surface area contributed by atoms with Crippen molar-refractivity contribution in [3.05, 3.63) is 190 Å². The zero-order valence-electron chi connectivity index (χ0n) is 68.4. The van der Waals surface area contributed by atoms with E-state index < -0.39 is 61.9 Å². The fourth-order valence-corrected chi connectivity index (χ4v) is 5.89. The Labute approximate surface area is 848 Å². The average Bonchev–Trinajstić information content (AvgIpc) is 1.03. The van der Waals surface area contributed by atoms with E-state index in [0.29, 0.717) is 57.9 Å². The largest absolute Gasteiger partial charge is 0.286 e. The molecule has 6 heterocycles. The second-order valence-corrected chi connectivity index (χ2v) is 71.6. The molecule has 5 aromatic heterocycles. The molecule has 0 aromatic carbocycles. The molecule has 6 rings (SSSR count). The van der Waals surface area contributed by atoms with E-state index in [1.807, 2.05) is 67.5 Å². The van der Waals surface area contributed by atoms with Crippen LogP contribution in [0.5, 0.6) is 0 Å². The number of aromatic amines is 2. The molecule has 53 nitrogen and oxygen atoms in total. The van der Waals surface area contributed by atoms with Crippen LogP contribution in [0.4, 0.5) is 0 Å². The molecule has 759 valence electrons. The van der Waals surface area contributed by atoms with Crippen LogP contribution in [0.1, 0.15) is 228 Å². The van der Waals surface area contributed by atoms with Crippen LogP contribution in [0, 0.1) is 181 Å². The third kappa shape index (κ3) is 146. The molecule has 5 N–H and O–H groups in total. The molecule has 2 radical (unpaired) electrons. The third-order valence-corrected chi connectivity index (χ3v) is 11.9. The zero-order chi connectivity index (χ0) is 94.1. The Hall–Kier alpha value is -5.82. The molecule has 1 aliphatic rings. The number of halogens is 6. The Morgan fingerprint density at radius 1 is 0.614 bits per heavy atom. The summed E-state index contributed by atoms with van der Waals surface area (Å²) < 4.78 is 7.72. The van der Waals surface area contributed by atoms with Crippen molar-refractivity contribution in [3.8, 4) is 6.07 Å². The Balaban J connectivity index is -0.0000000508. The number of alkyl halides is 1. The number of nitro groups is 2. The maximum atomic E-state index is 10.5. The number of hydrogen-bond donors (Lipinski definition) is 5. The molecule has 5 aromatic rings. The number of aryl methyl sites for hydroxylation is 6. The number of nitrogens with one attached hydrogen (secondary N) is 2. The molecule has 1 aliphatic heterocycles. The first-order valence-corrected chi connectivity index (χ1v) is 56.4. The van der Waals surface area contributed by atoms with Crippen LogP contribution in [0.25, 0.3) is 0 Å². The summed E-state index contributed by atoms with van der Waals surface area (Å²) in [5.74, 6) is 2.82. The van der Waals surface area contributed by atoms with Gasteiger partial charge in [0.15, 0.2) is 23.3 Å². The Kier molecular flexibility index (Phi) is 160. The van der Waals surface area contributed by atoms with Crippen LogP contribution in [0.3, 0.4) is 0 Å². The van der Waals surface area contributed by atoms with Gasteiger partial charge in [0, 0.05) is 73.8 Å². The van der Waals surface area contributed by atoms with Crippen molar-refractivity contribution in [3.63, 3.8) is 0 Å². The predicted molar refractivity (Wildman–Crippen MR) is 514 cm³/mol. The second-order valence-electron chi connectivity index (χ2n) is 22.3. The van der Waals surface area contributed by atoms with Gasteiger partial charge in [0.05, 0.1) is 36.7 Å². The molecule has 127 heavy (non-hydrogen) atoms. The van der Waals surface area contributed by atoms with Crippen LogP contribution in [-0.2, 0) is 79.7 Å². The smallest absolute Gasteiger partial charge is 0.0487 e. The van der Waals surface area contributed by atoms with Crippen LogP contribution in [0.15, 0.2) is 30.9 Å². The maximum Gasteiger partial charge on any atom is 0.0487 e. The number of nitrogens with zero attached hydrogens (tertiary/aromatic N) is 25. The molecule has 0 bridgehead atoms. The minimum atomic E-state index is -1.95. The van der Waals surface area contributed by atoms with E-state index in [-0.39, 0.29) is 163 Å². The first-order valence-electron chi connectivity index (χ1n) is 32.7. The van der Waals surface area contributed by atoms with Gasteiger partial charge in [-0.05, 0) is 106 Å². The standard InChI is InChI=1S/C9H18N2O7.C9H18N2O6.C6H11N3O4.C5H8N2.C4H9I.2C4H6N4.C4H5N4.C3H4N2.2C3H7.C2H3N.8CH4.2Cu.5HI.3HNO3.2V/c1-4-9(5-16-8(2)3,6-17-10(12)13)7-18-11(14)15;1-4-9(5-8(2)3,6-16-10(12)13)7-17-11(14)15;1-5(2)7-3-6(4-7,8(10)11)9(12)13;1-4-3-5(2)7-6-4;1-3-4(2)5;1-4-5-3-8(2)7-6-4;2*1-3-5-7-4(2)8-6-3;1-2-4-5-3-1;2*1-3-2;1-2-3;;;;;;;;;;;;;;;;3*2-1(3)4;;/h8H,4-7H2,1-3H3;8H,4-7H2,1-3H3;5H,3-4H2,1-2H3;3H,1-2H3,(H,6,7);4H,3H2,1-2H3;3H,1H2,2H3;1-2H3;1H2,2H3;1-3H,(H,4,5);2*1,3H2,2H3;1H3;8*1H4;;;5*1H;3*(H,2,3,4);;/q;;;;;;;-1;;2*-1;;;;;;;;;;;+2;;;;;;;;;+2;+3/p-5. The Morgan fingerprint density at radius 2 is 0.906 bits per heavy atom. The second kappa shape index (κ2) is 116. The first kappa shape index (κ1) is 174. The van der Waals surface area contributed by atoms with Gasteiger partial charge in [0.25, 0.3) is 35.6 Å². The summed E-state index contributed by atoms with van der Waals surface area (Å²) in [7, 11) is 2.38. The summed E-state index contributed by atoms with van der Waals surface area (Å²) >= 11 is 14.5. The number of likely N-dealkylation sites (tertiary alicyclic amines) is 1. The summed E-state index contributed by atoms with van der Waals surface area (Å²) in [5, 5.41) is 155. The van der Waals surface area contributed by atoms with E-state index in [9.17, 15) is 60.7 Å². The van der Waals surface area contributed by atoms with Crippen molar-refractivity contribution >= 4 is 122 Å². The van der Waals surface area contributed by atoms with Gasteiger partial charge in [0.1, 0.15) is 49.4 Å². The van der Waals surface area contributed by atoms with Crippen LogP contribution in [-0.4, -0.2) is 210 Å². The van der Waals surface area contributed by atoms with Crippen molar-refractivity contribution < 1.29 is 138 Å². The molecule has 0 aliphatic carbocycles. The maximum absolute atomic E-state index is 10.5. The van der Waals surface area contributed by atoms with Gasteiger partial charge in [0.2, 0.25) is 6.33 Å². The summed E-state index contributed by atoms with van der Waals surface area (Å²) in [6.45, 7) is 46.5. The molecule has 0 saturated carbocycles. The van der Waals surface area contributed by atoms with Crippen molar-refractivity contribution in [1.82, 2.24) is 81.4 Å². The number of nitriles is 1. The van der Waals surface area contributed by atoms with Gasteiger partial charge in [-0.2, -0.15) is 38.5 Å². The van der Waals surface area contributed by atoms with E-state index in [1.54, 1.807) is 85.2 Å². The van der Waals surface area contributed by atoms with Gasteiger partial charge in [-0.15, -0.1) is 111 Å². The molecule has 63 heteroatoms. The van der Waals surface area contributed by atoms with Crippen molar-refractivity contribution in [2.24, 2.45) is 23.8 Å². The molecular formula is C64H137Cu2I6N27O26V2-. The van der Waals surface area contributed by atoms with Gasteiger partial charge in [-0.25, -0.2) is 0 Å². The Bertz CT molecular complexity index is 3010. The van der Waals surface area contributed by atoms with E-state index >= 15 is 0 Å². The van der Waals surface area contributed by atoms with Gasteiger partial charge >= 0.3 is 137 Å². The Morgan fingerprint density at radius 3 is 1.06 bits per heavy atom. The molecule has 1 saturated heterocycles. The number of rotatable bonds is 23. The van der Waals surface area contributed by atoms with Crippen LogP contribution < -0.4 is 4.68 Å². The molecular weight excluding hydrogens is 2550 g/mol. The topological polar surface area (TPSA) is 725 Å². The van der Waals surface area contributed by atoms with Gasteiger partial charge in [-0.3, -0.25) is 35.3 Å². The molecule has 1 atom stereocenters. The van der Waals surface area contributed by atoms with E-state index in [1.165, 1.54) is 18.0 Å². The first-order chi connectivity index (χ1) is 54.0. The van der Waals surface area contributed by atoms with Crippen molar-refractivity contribution in [2.45, 2.75) is 244 Å². The van der Waals surface area contributed by atoms with E-state index in [4.69, 9.17) is 56.0 Å². The molecule has 1 fully saturated rings. The number of aromatic nitrogens is 16. The minimum absolute atomic E-state index is 0. The molecule has 0 amide bonds. The van der Waals surface area contributed by atoms with Gasteiger partial charge in [-0.1, -0.05) is 137 Å². The quantitative estimate of drug-likeness (QED) is 0.00592. The van der Waals surface area contributed by atoms with Crippen LogP contribution >= 0.6 is 122 Å². The van der Waals surface area contributed by atoms with Crippen LogP contribution in [0.2, 0.25) is 0 Å². The normalized spacial score (nSPS) is 9.75. The fourth-order valence-electron chi connectivity index (χ4n) is 5.89. The SMILES string of the molecule is C.C.C.C.C.C.C.C.CC#N.CC(C)N1CC([N+](=O)[O-])([N+](=O)[O-])C1.CCC(C)I.CCC(COC(C)C)(CO[N+](=O)[O-])CO[N+](=O)[O-].CCC(CO[N+](=O)[O-])(CO[N+](=O)[O-])CC(C)C.Cc1cc(C)[nH]n1.Cc1nnc(C)nn1.O=[N+]([O-])O.O=[N+]([O-])O.O=[N+]([O-])O.[CH2-]CC.[CH2-]CC.[CH2-]c1nc[n+](C)nn1.[CH2-]c1nnc(C)nn1.[Cu+2].[Cu].[I][V]([I])[I].[I][V][I].c1cn[nH]c1. The number of ether oxygens (including phenoxy) is 1. The van der Waals surface area contributed by atoms with Crippen molar-refractivity contribution in [2.75, 3.05) is 46.1 Å². The average molecular weight is 2690 g/mol. The summed E-state index contributed by atoms with van der Waals surface area (Å²) in [6.07, 6.45) is 9.66. The fraction of sp³-hybridized carbons (Fsp3) is 0.734. The monoisotopic (exact) mass is 2690 g/mol. The summed E-state index contributed by atoms with van der Waals surface area (Å²) in [5.41, 5.74) is -1.39. The number of H-pyrrole nitrogens is 2. The third-order valence-electron chi connectivity index (χ3n) is 11.1. The zero-order valence-corrected chi connectivity index (χ0v) is 86.0.